The van der Waals surface area contributed by atoms with Crippen molar-refractivity contribution in [3.05, 3.63) is 97.3 Å². The van der Waals surface area contributed by atoms with E-state index in [-0.39, 0.29) is 9.74 Å². The number of halogens is 2. The van der Waals surface area contributed by atoms with Gasteiger partial charge < -0.3 is 9.47 Å². The number of carbonyl (C=O) groups is 2. The van der Waals surface area contributed by atoms with Gasteiger partial charge in [0.05, 0.1) is 16.5 Å². The predicted octanol–water partition coefficient (Wildman–Crippen LogP) is 7.53. The van der Waals surface area contributed by atoms with E-state index >= 15 is 0 Å². The van der Waals surface area contributed by atoms with Gasteiger partial charge in [-0.2, -0.15) is 5.01 Å². The molecule has 0 radical (unpaired) electrons. The van der Waals surface area contributed by atoms with Crippen molar-refractivity contribution in [3.8, 4) is 11.5 Å². The van der Waals surface area contributed by atoms with Crippen LogP contribution < -0.4 is 14.9 Å². The third-order valence-corrected chi connectivity index (χ3v) is 8.01. The third kappa shape index (κ3) is 7.03. The molecule has 1 fully saturated rings. The van der Waals surface area contributed by atoms with Crippen LogP contribution in [0.25, 0.3) is 6.08 Å². The van der Waals surface area contributed by atoms with Crippen molar-refractivity contribution in [2.45, 2.75) is 32.8 Å². The van der Waals surface area contributed by atoms with Gasteiger partial charge in [-0.1, -0.05) is 68.4 Å². The number of thioether (sulfide) groups is 1. The number of hydrogen-bond acceptors (Lipinski definition) is 6. The minimum Gasteiger partial charge on any atom is -0.493 e. The first kappa shape index (κ1) is 29.1. The molecule has 39 heavy (non-hydrogen) atoms. The highest BCUT2D eigenvalue weighted by Gasteiger charge is 2.34. The fraction of sp³-hybridized carbons (Fsp3) is 0.207. The largest absolute Gasteiger partial charge is 0.493 e. The third-order valence-electron chi connectivity index (χ3n) is 5.87. The molecule has 3 aromatic carbocycles. The van der Waals surface area contributed by atoms with Crippen LogP contribution in [0.1, 0.15) is 47.8 Å². The summed E-state index contributed by atoms with van der Waals surface area (Å²) in [7, 11) is 1.56. The van der Waals surface area contributed by atoms with E-state index < -0.39 is 11.8 Å². The van der Waals surface area contributed by atoms with Gasteiger partial charge >= 0.3 is 0 Å². The van der Waals surface area contributed by atoms with E-state index in [0.29, 0.717) is 43.6 Å². The summed E-state index contributed by atoms with van der Waals surface area (Å²) in [5.41, 5.74) is 5.98. The molecule has 1 saturated heterocycles. The van der Waals surface area contributed by atoms with Crippen LogP contribution in [0.5, 0.6) is 11.5 Å². The molecule has 2 amide bonds. The zero-order valence-corrected chi connectivity index (χ0v) is 25.7. The molecule has 1 aliphatic heterocycles. The van der Waals surface area contributed by atoms with Crippen molar-refractivity contribution in [1.29, 1.82) is 0 Å². The summed E-state index contributed by atoms with van der Waals surface area (Å²) in [5, 5.41) is 1.57. The van der Waals surface area contributed by atoms with Crippen molar-refractivity contribution in [1.82, 2.24) is 10.4 Å². The summed E-state index contributed by atoms with van der Waals surface area (Å²) in [6, 6.07) is 18.3. The lowest BCUT2D eigenvalue weighted by Gasteiger charge is -2.19. The Kier molecular flexibility index (Phi) is 9.06. The van der Waals surface area contributed by atoms with E-state index in [1.165, 1.54) is 5.56 Å². The van der Waals surface area contributed by atoms with Crippen LogP contribution in [0.2, 0.25) is 5.02 Å². The lowest BCUT2D eigenvalue weighted by Crippen LogP contribution is -2.44. The second kappa shape index (κ2) is 12.1. The maximum atomic E-state index is 13.0. The van der Waals surface area contributed by atoms with Crippen LogP contribution in [-0.2, 0) is 16.8 Å². The molecule has 0 bridgehead atoms. The SMILES string of the molecule is COc1cc(/C=C2/SC(=S)N(NC(=O)c3ccc(Cl)cc3)C2=O)cc(Br)c1OCc1ccc(C(C)(C)C)cc1. The number of nitrogens with one attached hydrogen (secondary N) is 1. The number of carbonyl (C=O) groups excluding carboxylic acids is 2. The average Bonchev–Trinajstić information content (AvgIpc) is 3.15. The minimum absolute atomic E-state index is 0.0814. The van der Waals surface area contributed by atoms with Gasteiger partial charge in [0.15, 0.2) is 15.8 Å². The number of amides is 2. The lowest BCUT2D eigenvalue weighted by atomic mass is 9.87. The topological polar surface area (TPSA) is 67.9 Å². The molecule has 202 valence electrons. The Morgan fingerprint density at radius 2 is 1.79 bits per heavy atom. The average molecular weight is 646 g/mol. The highest BCUT2D eigenvalue weighted by Crippen LogP contribution is 2.39. The molecule has 0 unspecified atom stereocenters. The quantitative estimate of drug-likeness (QED) is 0.212. The number of ether oxygens (including phenoxy) is 2. The van der Waals surface area contributed by atoms with Gasteiger partial charge in [-0.25, -0.2) is 0 Å². The normalized spacial score (nSPS) is 14.6. The van der Waals surface area contributed by atoms with Crippen molar-refractivity contribution >= 4 is 73.7 Å². The molecule has 10 heteroatoms. The molecule has 0 aliphatic carbocycles. The Bertz CT molecular complexity index is 1450. The summed E-state index contributed by atoms with van der Waals surface area (Å²) in [6.45, 7) is 6.90. The standard InChI is InChI=1S/C29H26BrClN2O4S2/c1-29(2,3)20-9-5-17(6-10-20)16-37-25-22(30)13-18(14-23(25)36-4)15-24-27(35)33(28(38)39-24)32-26(34)19-7-11-21(31)12-8-19/h5-15H,16H2,1-4H3,(H,32,34)/b24-15+. The Morgan fingerprint density at radius 1 is 1.13 bits per heavy atom. The van der Waals surface area contributed by atoms with E-state index in [0.717, 1.165) is 22.3 Å². The zero-order chi connectivity index (χ0) is 28.3. The first-order valence-electron chi connectivity index (χ1n) is 11.9. The lowest BCUT2D eigenvalue weighted by molar-refractivity contribution is -0.123. The summed E-state index contributed by atoms with van der Waals surface area (Å²) >= 11 is 15.9. The first-order chi connectivity index (χ1) is 18.5. The molecular formula is C29H26BrClN2O4S2. The second-order valence-electron chi connectivity index (χ2n) is 9.73. The summed E-state index contributed by atoms with van der Waals surface area (Å²) in [6.07, 6.45) is 1.69. The van der Waals surface area contributed by atoms with E-state index in [1.54, 1.807) is 43.5 Å². The van der Waals surface area contributed by atoms with Crippen LogP contribution in [-0.4, -0.2) is 28.3 Å². The number of hydrazine groups is 1. The highest BCUT2D eigenvalue weighted by atomic mass is 79.9. The van der Waals surface area contributed by atoms with Crippen molar-refractivity contribution in [3.63, 3.8) is 0 Å². The summed E-state index contributed by atoms with van der Waals surface area (Å²) in [4.78, 5) is 26.0. The molecule has 4 rings (SSSR count). The van der Waals surface area contributed by atoms with Crippen LogP contribution in [0.15, 0.2) is 70.0 Å². The number of rotatable bonds is 7. The minimum atomic E-state index is -0.469. The van der Waals surface area contributed by atoms with E-state index in [9.17, 15) is 9.59 Å². The Hall–Kier alpha value is -2.85. The van der Waals surface area contributed by atoms with E-state index in [2.05, 4.69) is 66.4 Å². The molecular weight excluding hydrogens is 620 g/mol. The zero-order valence-electron chi connectivity index (χ0n) is 21.7. The van der Waals surface area contributed by atoms with Gasteiger partial charge in [0.25, 0.3) is 11.8 Å². The molecule has 3 aromatic rings. The Morgan fingerprint density at radius 3 is 2.41 bits per heavy atom. The smallest absolute Gasteiger partial charge is 0.285 e. The van der Waals surface area contributed by atoms with Gasteiger partial charge in [-0.05, 0) is 92.7 Å². The number of hydrogen-bond donors (Lipinski definition) is 1. The van der Waals surface area contributed by atoms with Crippen molar-refractivity contribution in [2.75, 3.05) is 7.11 Å². The maximum Gasteiger partial charge on any atom is 0.285 e. The van der Waals surface area contributed by atoms with Crippen LogP contribution in [0.3, 0.4) is 0 Å². The fourth-order valence-electron chi connectivity index (χ4n) is 3.70. The van der Waals surface area contributed by atoms with Crippen molar-refractivity contribution in [2.24, 2.45) is 0 Å². The number of methoxy groups -OCH3 is 1. The predicted molar refractivity (Wildman–Crippen MR) is 164 cm³/mol. The molecule has 0 aromatic heterocycles. The van der Waals surface area contributed by atoms with Gasteiger partial charge in [-0.15, -0.1) is 0 Å². The molecule has 1 heterocycles. The molecule has 1 N–H and O–H groups in total. The molecule has 0 spiro atoms. The monoisotopic (exact) mass is 644 g/mol. The van der Waals surface area contributed by atoms with Gasteiger partial charge in [0.1, 0.15) is 6.61 Å². The van der Waals surface area contributed by atoms with Crippen LogP contribution in [0.4, 0.5) is 0 Å². The summed E-state index contributed by atoms with van der Waals surface area (Å²) < 4.78 is 12.6. The van der Waals surface area contributed by atoms with Gasteiger partial charge in [0.2, 0.25) is 0 Å². The van der Waals surface area contributed by atoms with Gasteiger partial charge in [-0.3, -0.25) is 15.0 Å². The number of benzene rings is 3. The van der Waals surface area contributed by atoms with E-state index in [4.69, 9.17) is 33.3 Å². The number of thiocarbonyl (C=S) groups is 1. The van der Waals surface area contributed by atoms with Crippen molar-refractivity contribution < 1.29 is 19.1 Å². The van der Waals surface area contributed by atoms with E-state index in [1.807, 2.05) is 6.07 Å². The highest BCUT2D eigenvalue weighted by molar-refractivity contribution is 9.10. The molecule has 6 nitrogen and oxygen atoms in total. The summed E-state index contributed by atoms with van der Waals surface area (Å²) in [5.74, 6) is 0.162. The molecule has 0 saturated carbocycles. The second-order valence-corrected chi connectivity index (χ2v) is 12.7. The van der Waals surface area contributed by atoms with Crippen LogP contribution in [0, 0.1) is 0 Å². The molecule has 0 atom stereocenters. The Balaban J connectivity index is 1.48. The Labute approximate surface area is 250 Å². The maximum absolute atomic E-state index is 13.0. The van der Waals surface area contributed by atoms with Gasteiger partial charge in [0, 0.05) is 10.6 Å². The van der Waals surface area contributed by atoms with Crippen LogP contribution >= 0.6 is 51.5 Å². The molecule has 1 aliphatic rings. The fourth-order valence-corrected chi connectivity index (χ4v) is 5.58. The first-order valence-corrected chi connectivity index (χ1v) is 14.3. The number of nitrogens with zero attached hydrogens (tertiary/aromatic N) is 1.